The number of carbonyl (C=O) groups excluding carboxylic acids is 1. The summed E-state index contributed by atoms with van der Waals surface area (Å²) in [4.78, 5) is 14.5. The van der Waals surface area contributed by atoms with Crippen LogP contribution in [0.2, 0.25) is 0 Å². The summed E-state index contributed by atoms with van der Waals surface area (Å²) in [6, 6.07) is 9.50. The van der Waals surface area contributed by atoms with Gasteiger partial charge in [0.25, 0.3) is 0 Å². The molecule has 1 aliphatic heterocycles. The van der Waals surface area contributed by atoms with Crippen molar-refractivity contribution in [3.8, 4) is 0 Å². The van der Waals surface area contributed by atoms with Crippen LogP contribution >= 0.6 is 0 Å². The Morgan fingerprint density at radius 1 is 1.39 bits per heavy atom. The minimum Gasteiger partial charge on any atom is -0.338 e. The first kappa shape index (κ1) is 13.1. The van der Waals surface area contributed by atoms with Crippen molar-refractivity contribution >= 4 is 5.91 Å². The minimum absolute atomic E-state index is 0.0766. The maximum atomic E-state index is 12.5. The summed E-state index contributed by atoms with van der Waals surface area (Å²) in [6.07, 6.45) is 4.46. The van der Waals surface area contributed by atoms with Gasteiger partial charge in [-0.25, -0.2) is 0 Å². The third kappa shape index (κ3) is 2.72. The number of carbonyl (C=O) groups is 1. The van der Waals surface area contributed by atoms with Gasteiger partial charge in [-0.1, -0.05) is 37.3 Å². The van der Waals surface area contributed by atoms with Crippen LogP contribution in [0.4, 0.5) is 0 Å². The summed E-state index contributed by atoms with van der Waals surface area (Å²) < 4.78 is 0. The molecule has 1 aromatic rings. The Balaban J connectivity index is 2.10. The summed E-state index contributed by atoms with van der Waals surface area (Å²) >= 11 is 0. The van der Waals surface area contributed by atoms with Gasteiger partial charge in [0.15, 0.2) is 0 Å². The fourth-order valence-corrected chi connectivity index (χ4v) is 2.70. The zero-order chi connectivity index (χ0) is 13.0. The summed E-state index contributed by atoms with van der Waals surface area (Å²) in [7, 11) is 0. The van der Waals surface area contributed by atoms with E-state index in [2.05, 4.69) is 6.92 Å². The van der Waals surface area contributed by atoms with Crippen molar-refractivity contribution < 1.29 is 4.79 Å². The van der Waals surface area contributed by atoms with E-state index in [1.54, 1.807) is 0 Å². The van der Waals surface area contributed by atoms with Gasteiger partial charge >= 0.3 is 0 Å². The fraction of sp³-hybridized carbons (Fsp3) is 0.533. The second-order valence-corrected chi connectivity index (χ2v) is 4.98. The summed E-state index contributed by atoms with van der Waals surface area (Å²) in [5.41, 5.74) is 7.00. The van der Waals surface area contributed by atoms with Gasteiger partial charge < -0.3 is 10.6 Å². The monoisotopic (exact) mass is 246 g/mol. The molecule has 2 N–H and O–H groups in total. The smallest absolute Gasteiger partial charge is 0.244 e. The summed E-state index contributed by atoms with van der Waals surface area (Å²) in [5.74, 6) is 0.0766. The number of nitrogens with two attached hydrogens (primary N) is 1. The molecule has 0 aromatic heterocycles. The Labute approximate surface area is 109 Å². The van der Waals surface area contributed by atoms with E-state index in [1.165, 1.54) is 6.42 Å². The zero-order valence-electron chi connectivity index (χ0n) is 11.0. The van der Waals surface area contributed by atoms with E-state index in [9.17, 15) is 4.79 Å². The van der Waals surface area contributed by atoms with E-state index >= 15 is 0 Å². The standard InChI is InChI=1S/C15H22N2O/c1-2-13-10-6-7-11-17(13)15(18)14(16)12-8-4-3-5-9-12/h3-5,8-9,13-14H,2,6-7,10-11,16H2,1H3/t13?,14-/m0/s1. The Morgan fingerprint density at radius 2 is 2.11 bits per heavy atom. The van der Waals surface area contributed by atoms with Crippen molar-refractivity contribution in [2.75, 3.05) is 6.54 Å². The van der Waals surface area contributed by atoms with Crippen molar-refractivity contribution in [2.24, 2.45) is 5.73 Å². The Hall–Kier alpha value is -1.35. The van der Waals surface area contributed by atoms with Crippen molar-refractivity contribution in [1.29, 1.82) is 0 Å². The Morgan fingerprint density at radius 3 is 2.78 bits per heavy atom. The van der Waals surface area contributed by atoms with Crippen LogP contribution in [0.3, 0.4) is 0 Å². The van der Waals surface area contributed by atoms with E-state index in [1.807, 2.05) is 35.2 Å². The largest absolute Gasteiger partial charge is 0.338 e. The lowest BCUT2D eigenvalue weighted by atomic mass is 9.97. The molecule has 3 heteroatoms. The molecule has 1 aliphatic rings. The highest BCUT2D eigenvalue weighted by Crippen LogP contribution is 2.23. The van der Waals surface area contributed by atoms with E-state index < -0.39 is 6.04 Å². The lowest BCUT2D eigenvalue weighted by Gasteiger charge is -2.36. The number of benzene rings is 1. The maximum Gasteiger partial charge on any atom is 0.244 e. The highest BCUT2D eigenvalue weighted by atomic mass is 16.2. The van der Waals surface area contributed by atoms with E-state index in [4.69, 9.17) is 5.73 Å². The fourth-order valence-electron chi connectivity index (χ4n) is 2.70. The summed E-state index contributed by atoms with van der Waals surface area (Å²) in [6.45, 7) is 3.00. The minimum atomic E-state index is -0.515. The number of piperidine rings is 1. The quantitative estimate of drug-likeness (QED) is 0.890. The molecule has 0 aliphatic carbocycles. The molecule has 2 rings (SSSR count). The van der Waals surface area contributed by atoms with Crippen LogP contribution in [-0.4, -0.2) is 23.4 Å². The van der Waals surface area contributed by atoms with Crippen molar-refractivity contribution in [3.05, 3.63) is 35.9 Å². The Kier molecular flexibility index (Phi) is 4.37. The number of likely N-dealkylation sites (tertiary alicyclic amines) is 1. The van der Waals surface area contributed by atoms with E-state index in [0.717, 1.165) is 31.4 Å². The molecule has 1 aromatic carbocycles. The predicted octanol–water partition coefficient (Wildman–Crippen LogP) is 2.48. The predicted molar refractivity (Wildman–Crippen MR) is 73.0 cm³/mol. The number of amides is 1. The van der Waals surface area contributed by atoms with Gasteiger partial charge in [-0.15, -0.1) is 0 Å². The van der Waals surface area contributed by atoms with Gasteiger partial charge in [-0.05, 0) is 31.2 Å². The molecule has 1 saturated heterocycles. The molecule has 0 bridgehead atoms. The molecule has 0 radical (unpaired) electrons. The van der Waals surface area contributed by atoms with Crippen LogP contribution in [0.25, 0.3) is 0 Å². The molecule has 1 fully saturated rings. The molecule has 1 unspecified atom stereocenters. The lowest BCUT2D eigenvalue weighted by molar-refractivity contribution is -0.136. The van der Waals surface area contributed by atoms with Crippen LogP contribution in [0.1, 0.15) is 44.2 Å². The van der Waals surface area contributed by atoms with Gasteiger partial charge in [-0.2, -0.15) is 0 Å². The highest BCUT2D eigenvalue weighted by molar-refractivity contribution is 5.83. The molecular formula is C15H22N2O. The first-order valence-electron chi connectivity index (χ1n) is 6.85. The van der Waals surface area contributed by atoms with Crippen molar-refractivity contribution in [1.82, 2.24) is 4.90 Å². The van der Waals surface area contributed by atoms with E-state index in [-0.39, 0.29) is 5.91 Å². The summed E-state index contributed by atoms with van der Waals surface area (Å²) in [5, 5.41) is 0. The van der Waals surface area contributed by atoms with Gasteiger partial charge in [-0.3, -0.25) is 4.79 Å². The number of nitrogens with zero attached hydrogens (tertiary/aromatic N) is 1. The third-order valence-corrected chi connectivity index (χ3v) is 3.81. The molecule has 0 spiro atoms. The molecular weight excluding hydrogens is 224 g/mol. The van der Waals surface area contributed by atoms with Crippen LogP contribution < -0.4 is 5.73 Å². The van der Waals surface area contributed by atoms with Gasteiger partial charge in [0, 0.05) is 12.6 Å². The number of hydrogen-bond acceptors (Lipinski definition) is 2. The van der Waals surface area contributed by atoms with Crippen LogP contribution in [0.5, 0.6) is 0 Å². The molecule has 1 heterocycles. The second kappa shape index (κ2) is 6.01. The molecule has 0 saturated carbocycles. The topological polar surface area (TPSA) is 46.3 Å². The molecule has 98 valence electrons. The normalized spacial score (nSPS) is 21.7. The third-order valence-electron chi connectivity index (χ3n) is 3.81. The molecule has 3 nitrogen and oxygen atoms in total. The van der Waals surface area contributed by atoms with Crippen LogP contribution in [0.15, 0.2) is 30.3 Å². The SMILES string of the molecule is CCC1CCCCN1C(=O)[C@@H](N)c1ccccc1. The second-order valence-electron chi connectivity index (χ2n) is 4.98. The first-order valence-corrected chi connectivity index (χ1v) is 6.85. The Bertz CT molecular complexity index is 391. The average molecular weight is 246 g/mol. The number of hydrogen-bond donors (Lipinski definition) is 1. The average Bonchev–Trinajstić information content (AvgIpc) is 2.46. The van der Waals surface area contributed by atoms with Crippen LogP contribution in [-0.2, 0) is 4.79 Å². The van der Waals surface area contributed by atoms with Gasteiger partial charge in [0.2, 0.25) is 5.91 Å². The maximum absolute atomic E-state index is 12.5. The highest BCUT2D eigenvalue weighted by Gasteiger charge is 2.29. The lowest BCUT2D eigenvalue weighted by Crippen LogP contribution is -2.47. The molecule has 2 atom stereocenters. The van der Waals surface area contributed by atoms with E-state index in [0.29, 0.717) is 6.04 Å². The van der Waals surface area contributed by atoms with Crippen molar-refractivity contribution in [3.63, 3.8) is 0 Å². The van der Waals surface area contributed by atoms with Crippen molar-refractivity contribution in [2.45, 2.75) is 44.7 Å². The number of rotatable bonds is 3. The molecule has 1 amide bonds. The van der Waals surface area contributed by atoms with Crippen LogP contribution in [0, 0.1) is 0 Å². The first-order chi connectivity index (χ1) is 8.74. The van der Waals surface area contributed by atoms with Gasteiger partial charge in [0.05, 0.1) is 0 Å². The zero-order valence-corrected chi connectivity index (χ0v) is 11.0. The van der Waals surface area contributed by atoms with Gasteiger partial charge in [0.1, 0.15) is 6.04 Å². The molecule has 18 heavy (non-hydrogen) atoms.